The maximum absolute atomic E-state index is 5.91. The van der Waals surface area contributed by atoms with Crippen LogP contribution in [-0.2, 0) is 9.31 Å². The molecule has 0 radical (unpaired) electrons. The molecule has 0 amide bonds. The minimum atomic E-state index is 0.282. The third-order valence-electron chi connectivity index (χ3n) is 2.82. The lowest BCUT2D eigenvalue weighted by Gasteiger charge is -2.10. The first-order chi connectivity index (χ1) is 8.84. The topological polar surface area (TPSA) is 18.5 Å². The molecular formula is C14H10BClO2. The highest BCUT2D eigenvalue weighted by molar-refractivity contribution is 6.30. The lowest BCUT2D eigenvalue weighted by molar-refractivity contribution is 0.454. The molecule has 4 heteroatoms. The number of rotatable bonds is 2. The molecule has 88 valence electrons. The summed E-state index contributed by atoms with van der Waals surface area (Å²) >= 11 is 5.91. The van der Waals surface area contributed by atoms with E-state index in [4.69, 9.17) is 20.9 Å². The van der Waals surface area contributed by atoms with Crippen LogP contribution in [0.1, 0.15) is 5.56 Å². The molecule has 1 heterocycles. The second kappa shape index (κ2) is 4.79. The molecule has 0 aliphatic carbocycles. The summed E-state index contributed by atoms with van der Waals surface area (Å²) in [6.45, 7) is 0. The van der Waals surface area contributed by atoms with E-state index in [1.165, 1.54) is 0 Å². The molecule has 0 fully saturated rings. The Morgan fingerprint density at radius 3 is 2.28 bits per heavy atom. The third kappa shape index (κ3) is 2.09. The molecule has 0 unspecified atom stereocenters. The summed E-state index contributed by atoms with van der Waals surface area (Å²) in [5.74, 6) is 0.764. The van der Waals surface area contributed by atoms with Crippen LogP contribution in [0.4, 0.5) is 0 Å². The van der Waals surface area contributed by atoms with E-state index in [1.54, 1.807) is 6.26 Å². The zero-order valence-corrected chi connectivity index (χ0v) is 10.4. The normalized spacial score (nSPS) is 13.3. The predicted octanol–water partition coefficient (Wildman–Crippen LogP) is 3.62. The van der Waals surface area contributed by atoms with Crippen molar-refractivity contribution in [1.82, 2.24) is 0 Å². The van der Waals surface area contributed by atoms with Gasteiger partial charge >= 0.3 is 7.69 Å². The van der Waals surface area contributed by atoms with Gasteiger partial charge in [-0.1, -0.05) is 48.0 Å². The highest BCUT2D eigenvalue weighted by atomic mass is 35.5. The molecule has 0 saturated heterocycles. The van der Waals surface area contributed by atoms with Crippen LogP contribution < -0.4 is 0 Å². The quantitative estimate of drug-likeness (QED) is 0.764. The third-order valence-corrected chi connectivity index (χ3v) is 3.07. The van der Waals surface area contributed by atoms with E-state index < -0.39 is 0 Å². The van der Waals surface area contributed by atoms with E-state index in [9.17, 15) is 0 Å². The second-order valence-corrected chi connectivity index (χ2v) is 4.40. The van der Waals surface area contributed by atoms with Gasteiger partial charge in [0.15, 0.2) is 0 Å². The Kier molecular flexibility index (Phi) is 2.99. The van der Waals surface area contributed by atoms with Crippen LogP contribution in [0.15, 0.2) is 54.8 Å². The smallest absolute Gasteiger partial charge is 0.531 e. The standard InChI is InChI=1S/C14H10BClO2/c16-11-7-5-10(6-8-11)12-3-1-2-4-13(12)14-9-17-15-18-14/h1-9,15H. The van der Waals surface area contributed by atoms with Gasteiger partial charge in [0.25, 0.3) is 0 Å². The molecule has 18 heavy (non-hydrogen) atoms. The lowest BCUT2D eigenvalue weighted by atomic mass is 9.99. The van der Waals surface area contributed by atoms with Gasteiger partial charge < -0.3 is 9.31 Å². The molecule has 3 rings (SSSR count). The fourth-order valence-electron chi connectivity index (χ4n) is 1.96. The first-order valence-electron chi connectivity index (χ1n) is 5.64. The average Bonchev–Trinajstić information content (AvgIpc) is 2.93. The summed E-state index contributed by atoms with van der Waals surface area (Å²) in [4.78, 5) is 0. The number of halogens is 1. The molecule has 0 aromatic heterocycles. The Bertz CT molecular complexity index is 593. The van der Waals surface area contributed by atoms with Crippen molar-refractivity contribution >= 4 is 25.0 Å². The predicted molar refractivity (Wildman–Crippen MR) is 74.2 cm³/mol. The summed E-state index contributed by atoms with van der Waals surface area (Å²) in [6.07, 6.45) is 1.65. The van der Waals surface area contributed by atoms with Gasteiger partial charge in [0.2, 0.25) is 0 Å². The molecular weight excluding hydrogens is 246 g/mol. The molecule has 2 nitrogen and oxygen atoms in total. The van der Waals surface area contributed by atoms with Crippen LogP contribution in [0, 0.1) is 0 Å². The summed E-state index contributed by atoms with van der Waals surface area (Å²) in [6, 6.07) is 15.8. The van der Waals surface area contributed by atoms with Gasteiger partial charge in [0.1, 0.15) is 12.0 Å². The largest absolute Gasteiger partial charge is 0.576 e. The van der Waals surface area contributed by atoms with Gasteiger partial charge in [-0.25, -0.2) is 0 Å². The maximum Gasteiger partial charge on any atom is 0.576 e. The van der Waals surface area contributed by atoms with E-state index in [0.29, 0.717) is 0 Å². The fourth-order valence-corrected chi connectivity index (χ4v) is 2.09. The van der Waals surface area contributed by atoms with Crippen LogP contribution in [0.5, 0.6) is 0 Å². The molecule has 1 aliphatic rings. The molecule has 0 N–H and O–H groups in total. The van der Waals surface area contributed by atoms with Gasteiger partial charge in [0, 0.05) is 10.6 Å². The molecule has 2 aromatic carbocycles. The van der Waals surface area contributed by atoms with Crippen molar-refractivity contribution < 1.29 is 9.31 Å². The van der Waals surface area contributed by atoms with Crippen LogP contribution in [0.25, 0.3) is 16.9 Å². The maximum atomic E-state index is 5.91. The minimum absolute atomic E-state index is 0.282. The Morgan fingerprint density at radius 2 is 1.61 bits per heavy atom. The Labute approximate surface area is 111 Å². The van der Waals surface area contributed by atoms with Crippen LogP contribution in [0.3, 0.4) is 0 Å². The van der Waals surface area contributed by atoms with Crippen LogP contribution >= 0.6 is 11.6 Å². The van der Waals surface area contributed by atoms with Crippen molar-refractivity contribution in [3.8, 4) is 11.1 Å². The highest BCUT2D eigenvalue weighted by Crippen LogP contribution is 2.31. The Balaban J connectivity index is 2.09. The number of benzene rings is 2. The van der Waals surface area contributed by atoms with Gasteiger partial charge in [-0.05, 0) is 23.3 Å². The van der Waals surface area contributed by atoms with E-state index >= 15 is 0 Å². The van der Waals surface area contributed by atoms with Crippen molar-refractivity contribution in [1.29, 1.82) is 0 Å². The van der Waals surface area contributed by atoms with Gasteiger partial charge in [-0.3, -0.25) is 0 Å². The Morgan fingerprint density at radius 1 is 0.889 bits per heavy atom. The first kappa shape index (κ1) is 11.2. The van der Waals surface area contributed by atoms with E-state index in [2.05, 4.69) is 6.07 Å². The molecule has 1 aliphatic heterocycles. The summed E-state index contributed by atoms with van der Waals surface area (Å²) in [5.41, 5.74) is 3.23. The Hall–Kier alpha value is -1.87. The molecule has 0 spiro atoms. The van der Waals surface area contributed by atoms with Gasteiger partial charge in [0.05, 0.1) is 0 Å². The van der Waals surface area contributed by atoms with E-state index in [-0.39, 0.29) is 7.69 Å². The average molecular weight is 256 g/mol. The van der Waals surface area contributed by atoms with Crippen molar-refractivity contribution in [3.05, 3.63) is 65.4 Å². The molecule has 0 bridgehead atoms. The minimum Gasteiger partial charge on any atom is -0.531 e. The highest BCUT2D eigenvalue weighted by Gasteiger charge is 2.15. The SMILES string of the molecule is Clc1ccc(-c2ccccc2C2=COBO2)cc1. The zero-order chi connectivity index (χ0) is 12.4. The van der Waals surface area contributed by atoms with Crippen LogP contribution in [0.2, 0.25) is 5.02 Å². The van der Waals surface area contributed by atoms with Crippen molar-refractivity contribution in [3.63, 3.8) is 0 Å². The number of hydrogen-bond donors (Lipinski definition) is 0. The van der Waals surface area contributed by atoms with E-state index in [0.717, 1.165) is 27.5 Å². The summed E-state index contributed by atoms with van der Waals surface area (Å²) < 4.78 is 10.6. The van der Waals surface area contributed by atoms with Crippen molar-refractivity contribution in [2.24, 2.45) is 0 Å². The summed E-state index contributed by atoms with van der Waals surface area (Å²) in [7, 11) is 0.282. The van der Waals surface area contributed by atoms with Gasteiger partial charge in [-0.2, -0.15) is 0 Å². The number of hydrogen-bond acceptors (Lipinski definition) is 2. The van der Waals surface area contributed by atoms with Crippen LogP contribution in [-0.4, -0.2) is 7.69 Å². The molecule has 2 aromatic rings. The zero-order valence-electron chi connectivity index (χ0n) is 9.60. The lowest BCUT2D eigenvalue weighted by Crippen LogP contribution is -1.92. The fraction of sp³-hybridized carbons (Fsp3) is 0. The monoisotopic (exact) mass is 256 g/mol. The van der Waals surface area contributed by atoms with Gasteiger partial charge in [-0.15, -0.1) is 0 Å². The summed E-state index contributed by atoms with van der Waals surface area (Å²) in [5, 5.41) is 0.732. The van der Waals surface area contributed by atoms with Crippen molar-refractivity contribution in [2.45, 2.75) is 0 Å². The first-order valence-corrected chi connectivity index (χ1v) is 6.02. The molecule has 0 atom stereocenters. The molecule has 0 saturated carbocycles. The van der Waals surface area contributed by atoms with Crippen molar-refractivity contribution in [2.75, 3.05) is 0 Å². The van der Waals surface area contributed by atoms with E-state index in [1.807, 2.05) is 42.5 Å². The second-order valence-electron chi connectivity index (χ2n) is 3.96.